The summed E-state index contributed by atoms with van der Waals surface area (Å²) in [5.41, 5.74) is 9.12. The quantitative estimate of drug-likeness (QED) is 0.0416. The van der Waals surface area contributed by atoms with Crippen molar-refractivity contribution in [3.05, 3.63) is 124 Å². The third-order valence-electron chi connectivity index (χ3n) is 14.1. The van der Waals surface area contributed by atoms with Crippen molar-refractivity contribution in [1.29, 1.82) is 0 Å². The first-order valence-electron chi connectivity index (χ1n) is 25.6. The van der Waals surface area contributed by atoms with Gasteiger partial charge in [-0.3, -0.25) is 14.4 Å². The van der Waals surface area contributed by atoms with Crippen molar-refractivity contribution < 1.29 is 52.3 Å². The first-order chi connectivity index (χ1) is 36.0. The highest BCUT2D eigenvalue weighted by Gasteiger charge is 2.38. The summed E-state index contributed by atoms with van der Waals surface area (Å²) in [5.74, 6) is 1.34. The highest BCUT2D eigenvalue weighted by atomic mass is 16.5. The van der Waals surface area contributed by atoms with Crippen molar-refractivity contribution >= 4 is 46.2 Å². The Labute approximate surface area is 435 Å². The number of ether oxygens (including phenoxy) is 8. The predicted molar refractivity (Wildman–Crippen MR) is 287 cm³/mol. The van der Waals surface area contributed by atoms with E-state index in [0.29, 0.717) is 105 Å². The lowest BCUT2D eigenvalue weighted by Gasteiger charge is -2.27. The van der Waals surface area contributed by atoms with E-state index in [1.54, 1.807) is 33.5 Å². The minimum Gasteiger partial charge on any atom is -0.493 e. The summed E-state index contributed by atoms with van der Waals surface area (Å²) in [5, 5.41) is 3.53. The Hall–Kier alpha value is -7.01. The Morgan fingerprint density at radius 3 is 2.15 bits per heavy atom. The highest BCUT2D eigenvalue weighted by molar-refractivity contribution is 6.13. The van der Waals surface area contributed by atoms with Gasteiger partial charge in [-0.05, 0) is 104 Å². The van der Waals surface area contributed by atoms with Crippen LogP contribution in [0.2, 0.25) is 0 Å². The summed E-state index contributed by atoms with van der Waals surface area (Å²) in [6, 6.07) is 29.5. The Kier molecular flexibility index (Phi) is 18.2. The molecule has 0 fully saturated rings. The predicted octanol–water partition coefficient (Wildman–Crippen LogP) is 8.74. The molecule has 1 unspecified atom stereocenters. The van der Waals surface area contributed by atoms with Crippen molar-refractivity contribution in [2.24, 2.45) is 0 Å². The van der Waals surface area contributed by atoms with E-state index in [-0.39, 0.29) is 49.6 Å². The molecule has 3 aliphatic rings. The van der Waals surface area contributed by atoms with E-state index in [1.165, 1.54) is 7.11 Å². The van der Waals surface area contributed by atoms with Crippen LogP contribution in [0.1, 0.15) is 76.1 Å². The number of hydrogen-bond acceptors (Lipinski definition) is 14. The number of fused-ring (bicyclic) bond motifs is 5. The molecule has 8 rings (SSSR count). The number of esters is 1. The molecule has 0 saturated heterocycles. The molecule has 74 heavy (non-hydrogen) atoms. The van der Waals surface area contributed by atoms with Crippen molar-refractivity contribution in [3.8, 4) is 23.0 Å². The fourth-order valence-corrected chi connectivity index (χ4v) is 9.75. The number of nitrogens with zero attached hydrogens (tertiary/aromatic N) is 4. The molecule has 2 atom stereocenters. The van der Waals surface area contributed by atoms with Crippen LogP contribution >= 0.6 is 0 Å². The molecule has 5 aromatic rings. The van der Waals surface area contributed by atoms with E-state index in [4.69, 9.17) is 37.9 Å². The van der Waals surface area contributed by atoms with Gasteiger partial charge in [-0.25, -0.2) is 0 Å². The van der Waals surface area contributed by atoms with Crippen LogP contribution in [0, 0.1) is 0 Å². The average Bonchev–Trinajstić information content (AvgIpc) is 4.01. The Morgan fingerprint density at radius 1 is 0.770 bits per heavy atom. The topological polar surface area (TPSA) is 150 Å². The fraction of sp³-hybridized carbons (Fsp3) is 0.431. The van der Waals surface area contributed by atoms with Crippen LogP contribution in [-0.4, -0.2) is 125 Å². The summed E-state index contributed by atoms with van der Waals surface area (Å²) in [4.78, 5) is 48.8. The van der Waals surface area contributed by atoms with Crippen LogP contribution in [0.3, 0.4) is 0 Å². The normalized spacial score (nSPS) is 14.7. The third-order valence-corrected chi connectivity index (χ3v) is 14.1. The van der Waals surface area contributed by atoms with Gasteiger partial charge >= 0.3 is 5.97 Å². The van der Waals surface area contributed by atoms with E-state index in [1.807, 2.05) is 90.2 Å². The van der Waals surface area contributed by atoms with Gasteiger partial charge in [-0.1, -0.05) is 36.4 Å². The lowest BCUT2D eigenvalue weighted by molar-refractivity contribution is -0.140. The van der Waals surface area contributed by atoms with Crippen molar-refractivity contribution in [2.45, 2.75) is 71.3 Å². The molecule has 0 bridgehead atoms. The molecule has 0 aliphatic carbocycles. The zero-order valence-electron chi connectivity index (χ0n) is 43.9. The number of methoxy groups -OCH3 is 4. The van der Waals surface area contributed by atoms with Gasteiger partial charge in [0.25, 0.3) is 11.8 Å². The summed E-state index contributed by atoms with van der Waals surface area (Å²) < 4.78 is 47.3. The van der Waals surface area contributed by atoms with Gasteiger partial charge in [0.2, 0.25) is 0 Å². The highest BCUT2D eigenvalue weighted by Crippen LogP contribution is 2.42. The van der Waals surface area contributed by atoms with Crippen molar-refractivity contribution in [2.75, 3.05) is 120 Å². The molecule has 16 nitrogen and oxygen atoms in total. The van der Waals surface area contributed by atoms with Gasteiger partial charge in [-0.2, -0.15) is 0 Å². The number of carbonyl (C=O) groups is 3. The van der Waals surface area contributed by atoms with E-state index in [9.17, 15) is 14.4 Å². The Balaban J connectivity index is 1.07. The van der Waals surface area contributed by atoms with Crippen molar-refractivity contribution in [1.82, 2.24) is 0 Å². The third kappa shape index (κ3) is 12.5. The molecular weight excluding hydrogens is 943 g/mol. The molecule has 3 heterocycles. The molecule has 3 aliphatic heterocycles. The van der Waals surface area contributed by atoms with Crippen LogP contribution in [0.5, 0.6) is 23.0 Å². The number of benzene rings is 5. The lowest BCUT2D eigenvalue weighted by atomic mass is 10.1. The maximum absolute atomic E-state index is 14.4. The lowest BCUT2D eigenvalue weighted by Crippen LogP contribution is -2.39. The molecule has 0 radical (unpaired) electrons. The van der Waals surface area contributed by atoms with Gasteiger partial charge in [0, 0.05) is 89.1 Å². The fourth-order valence-electron chi connectivity index (χ4n) is 9.75. The van der Waals surface area contributed by atoms with Crippen molar-refractivity contribution in [3.63, 3.8) is 0 Å². The Bertz CT molecular complexity index is 2750. The minimum absolute atomic E-state index is 0.0250. The van der Waals surface area contributed by atoms with Gasteiger partial charge in [0.05, 0.1) is 75.8 Å². The molecule has 0 aromatic heterocycles. The number of hydrogen-bond donors (Lipinski definition) is 1. The van der Waals surface area contributed by atoms with Crippen LogP contribution in [-0.2, 0) is 49.8 Å². The monoisotopic (exact) mass is 1010 g/mol. The molecule has 394 valence electrons. The first kappa shape index (κ1) is 53.3. The number of para-hydroxylation sites is 2. The number of nitrogens with one attached hydrogen (secondary N) is 1. The van der Waals surface area contributed by atoms with Crippen LogP contribution < -0.4 is 43.9 Å². The smallest absolute Gasteiger partial charge is 0.305 e. The number of amides is 2. The summed E-state index contributed by atoms with van der Waals surface area (Å²) in [6.07, 6.45) is 3.26. The summed E-state index contributed by atoms with van der Waals surface area (Å²) in [7, 11) is 8.19. The second kappa shape index (κ2) is 25.3. The number of carbonyl (C=O) groups excluding carboxylic acids is 3. The zero-order chi connectivity index (χ0) is 52.1. The van der Waals surface area contributed by atoms with E-state index >= 15 is 0 Å². The number of rotatable bonds is 26. The Morgan fingerprint density at radius 2 is 1.45 bits per heavy atom. The zero-order valence-corrected chi connectivity index (χ0v) is 43.9. The van der Waals surface area contributed by atoms with Gasteiger partial charge in [0.15, 0.2) is 23.0 Å². The molecular formula is C58H71N5O11. The van der Waals surface area contributed by atoms with Gasteiger partial charge in [0.1, 0.15) is 13.2 Å². The van der Waals surface area contributed by atoms with E-state index < -0.39 is 0 Å². The minimum atomic E-state index is -0.284. The maximum atomic E-state index is 14.4. The maximum Gasteiger partial charge on any atom is 0.305 e. The molecule has 0 saturated carbocycles. The van der Waals surface area contributed by atoms with Crippen LogP contribution in [0.25, 0.3) is 0 Å². The first-order valence-corrected chi connectivity index (χ1v) is 25.6. The van der Waals surface area contributed by atoms with Gasteiger partial charge < -0.3 is 62.8 Å². The molecule has 16 heteroatoms. The van der Waals surface area contributed by atoms with E-state index in [2.05, 4.69) is 34.5 Å². The second-order valence-corrected chi connectivity index (χ2v) is 18.8. The SMILES string of the molecule is CCN(C)c1cc(OCc2cc(COc3cc4c(cc3OC)C(=O)N3c5ccccc5C[C@H]3CN4)cc(N(CCCC(=O)OC)CCOCCOCCC(C)OC)c2)c(OC)cc1C(=O)N1CCc2ccccc21. The average molecular weight is 1010 g/mol. The van der Waals surface area contributed by atoms with E-state index in [0.717, 1.165) is 64.3 Å². The number of anilines is 5. The molecule has 0 spiro atoms. The molecule has 5 aromatic carbocycles. The standard InChI is InChI=1S/C58H71N5O11/c1-8-60(3)51-35-55(53(69-6)33-47(51)57(65)62-22-19-42-14-9-11-16-49(42)62)74-38-41-28-40(29-44(30-41)61(21-13-18-56(64)70-7)23-25-72-27-26-71-24-20-39(2)67-4)37-73-54-34-48-46(32-52(54)68-5)58(66)63-45(36-59-48)31-43-15-10-12-17-50(43)63/h9-12,14-17,28-30,32-35,39,45,59H,8,13,18-27,31,36-38H2,1-7H3/t39?,45-/m0/s1. The summed E-state index contributed by atoms with van der Waals surface area (Å²) in [6.45, 7) is 9.07. The molecule has 1 N–H and O–H groups in total. The molecule has 2 amide bonds. The second-order valence-electron chi connectivity index (χ2n) is 18.8. The van der Waals surface area contributed by atoms with Crippen LogP contribution in [0.4, 0.5) is 28.4 Å². The van der Waals surface area contributed by atoms with Gasteiger partial charge in [-0.15, -0.1) is 0 Å². The summed E-state index contributed by atoms with van der Waals surface area (Å²) >= 11 is 0. The van der Waals surface area contributed by atoms with Crippen LogP contribution in [0.15, 0.2) is 91.0 Å². The largest absolute Gasteiger partial charge is 0.493 e.